The first kappa shape index (κ1) is 7.80. The number of nitrogens with two attached hydrogens (primary N) is 1. The number of benzene rings is 1. The first-order valence-corrected chi connectivity index (χ1v) is 4.07. The molecule has 1 heterocycles. The third-order valence-electron chi connectivity index (χ3n) is 2.06. The van der Waals surface area contributed by atoms with E-state index in [1.807, 2.05) is 18.2 Å². The summed E-state index contributed by atoms with van der Waals surface area (Å²) in [5, 5.41) is 2.09. The van der Waals surface area contributed by atoms with Gasteiger partial charge < -0.3 is 5.73 Å². The molecule has 0 atom stereocenters. The van der Waals surface area contributed by atoms with E-state index in [4.69, 9.17) is 5.73 Å². The summed E-state index contributed by atoms with van der Waals surface area (Å²) in [5.74, 6) is 0. The first-order chi connectivity index (χ1) is 6.33. The zero-order chi connectivity index (χ0) is 9.26. The van der Waals surface area contributed by atoms with Crippen molar-refractivity contribution in [3.05, 3.63) is 42.7 Å². The molecule has 2 aromatic rings. The van der Waals surface area contributed by atoms with Crippen LogP contribution in [-0.2, 0) is 0 Å². The lowest BCUT2D eigenvalue weighted by molar-refractivity contribution is 1.35. The summed E-state index contributed by atoms with van der Waals surface area (Å²) >= 11 is 0. The molecule has 2 N–H and O–H groups in total. The van der Waals surface area contributed by atoms with Crippen molar-refractivity contribution in [1.29, 1.82) is 0 Å². The molecule has 2 heteroatoms. The molecule has 0 unspecified atom stereocenters. The van der Waals surface area contributed by atoms with E-state index in [1.54, 1.807) is 18.5 Å². The number of fused-ring (bicyclic) bond motifs is 1. The average Bonchev–Trinajstić information content (AvgIpc) is 2.17. The van der Waals surface area contributed by atoms with Gasteiger partial charge in [0.25, 0.3) is 0 Å². The Labute approximate surface area is 76.7 Å². The van der Waals surface area contributed by atoms with E-state index < -0.39 is 0 Å². The van der Waals surface area contributed by atoms with Gasteiger partial charge >= 0.3 is 0 Å². The van der Waals surface area contributed by atoms with E-state index in [-0.39, 0.29) is 0 Å². The lowest BCUT2D eigenvalue weighted by Gasteiger charge is -2.03. The molecule has 64 valence electrons. The van der Waals surface area contributed by atoms with Crippen molar-refractivity contribution >= 4 is 22.5 Å². The molecule has 0 saturated heterocycles. The standard InChI is InChI=1S/C11H10N2/c1-2-8-6-13-7-9-4-3-5-10(12)11(8)9/h2-7H,1,12H2. The normalized spacial score (nSPS) is 10.2. The summed E-state index contributed by atoms with van der Waals surface area (Å²) in [5.41, 5.74) is 7.61. The number of pyridine rings is 1. The summed E-state index contributed by atoms with van der Waals surface area (Å²) in [6, 6.07) is 5.80. The third-order valence-corrected chi connectivity index (χ3v) is 2.06. The van der Waals surface area contributed by atoms with E-state index in [1.165, 1.54) is 0 Å². The third kappa shape index (κ3) is 1.16. The van der Waals surface area contributed by atoms with Crippen molar-refractivity contribution in [2.24, 2.45) is 0 Å². The molecule has 0 saturated carbocycles. The second-order valence-electron chi connectivity index (χ2n) is 2.88. The molecular formula is C11H10N2. The van der Waals surface area contributed by atoms with Crippen LogP contribution in [0.2, 0.25) is 0 Å². The van der Waals surface area contributed by atoms with Gasteiger partial charge in [0.1, 0.15) is 0 Å². The summed E-state index contributed by atoms with van der Waals surface area (Å²) in [6.07, 6.45) is 5.34. The van der Waals surface area contributed by atoms with Gasteiger partial charge in [0.15, 0.2) is 0 Å². The molecule has 0 aliphatic rings. The highest BCUT2D eigenvalue weighted by Gasteiger charge is 2.00. The van der Waals surface area contributed by atoms with Crippen molar-refractivity contribution in [2.75, 3.05) is 5.73 Å². The largest absolute Gasteiger partial charge is 0.398 e. The van der Waals surface area contributed by atoms with E-state index in [9.17, 15) is 0 Å². The number of rotatable bonds is 1. The molecule has 2 rings (SSSR count). The van der Waals surface area contributed by atoms with Crippen molar-refractivity contribution in [2.45, 2.75) is 0 Å². The molecule has 2 nitrogen and oxygen atoms in total. The number of nitrogens with zero attached hydrogens (tertiary/aromatic N) is 1. The van der Waals surface area contributed by atoms with Crippen molar-refractivity contribution in [3.63, 3.8) is 0 Å². The zero-order valence-corrected chi connectivity index (χ0v) is 7.20. The van der Waals surface area contributed by atoms with E-state index >= 15 is 0 Å². The number of nitrogen functional groups attached to an aromatic ring is 1. The van der Waals surface area contributed by atoms with Gasteiger partial charge in [-0.3, -0.25) is 4.98 Å². The average molecular weight is 170 g/mol. The Morgan fingerprint density at radius 2 is 2.15 bits per heavy atom. The van der Waals surface area contributed by atoms with Crippen LogP contribution in [0.25, 0.3) is 16.8 Å². The lowest BCUT2D eigenvalue weighted by atomic mass is 10.1. The highest BCUT2D eigenvalue weighted by atomic mass is 14.6. The van der Waals surface area contributed by atoms with Gasteiger partial charge in [-0.2, -0.15) is 0 Å². The Balaban J connectivity index is 2.94. The molecule has 0 aliphatic carbocycles. The van der Waals surface area contributed by atoms with Crippen LogP contribution in [0.3, 0.4) is 0 Å². The van der Waals surface area contributed by atoms with Crippen molar-refractivity contribution in [1.82, 2.24) is 4.98 Å². The fraction of sp³-hybridized carbons (Fsp3) is 0. The van der Waals surface area contributed by atoms with Gasteiger partial charge in [-0.25, -0.2) is 0 Å². The first-order valence-electron chi connectivity index (χ1n) is 4.07. The minimum atomic E-state index is 0.773. The Bertz CT molecular complexity index is 455. The summed E-state index contributed by atoms with van der Waals surface area (Å²) in [4.78, 5) is 4.10. The summed E-state index contributed by atoms with van der Waals surface area (Å²) < 4.78 is 0. The van der Waals surface area contributed by atoms with Crippen LogP contribution in [0.5, 0.6) is 0 Å². The SMILES string of the molecule is C=Cc1cncc2cccc(N)c12. The van der Waals surface area contributed by atoms with Gasteiger partial charge in [-0.1, -0.05) is 24.8 Å². The van der Waals surface area contributed by atoms with Gasteiger partial charge in [0.2, 0.25) is 0 Å². The second kappa shape index (κ2) is 2.90. The van der Waals surface area contributed by atoms with Gasteiger partial charge in [-0.15, -0.1) is 0 Å². The summed E-state index contributed by atoms with van der Waals surface area (Å²) in [6.45, 7) is 3.73. The molecule has 0 bridgehead atoms. The maximum atomic E-state index is 5.86. The van der Waals surface area contributed by atoms with Crippen LogP contribution in [0.1, 0.15) is 5.56 Å². The van der Waals surface area contributed by atoms with E-state index in [2.05, 4.69) is 11.6 Å². The molecule has 0 aliphatic heterocycles. The molecular weight excluding hydrogens is 160 g/mol. The molecule has 0 amide bonds. The molecule has 1 aromatic heterocycles. The second-order valence-corrected chi connectivity index (χ2v) is 2.88. The van der Waals surface area contributed by atoms with Crippen LogP contribution in [0.15, 0.2) is 37.2 Å². The van der Waals surface area contributed by atoms with Crippen LogP contribution >= 0.6 is 0 Å². The minimum Gasteiger partial charge on any atom is -0.398 e. The summed E-state index contributed by atoms with van der Waals surface area (Å²) in [7, 11) is 0. The number of aromatic nitrogens is 1. The number of hydrogen-bond donors (Lipinski definition) is 1. The van der Waals surface area contributed by atoms with Crippen LogP contribution in [0, 0.1) is 0 Å². The predicted molar refractivity (Wildman–Crippen MR) is 56.2 cm³/mol. The van der Waals surface area contributed by atoms with Crippen molar-refractivity contribution < 1.29 is 0 Å². The Kier molecular flexibility index (Phi) is 1.74. The van der Waals surface area contributed by atoms with Crippen LogP contribution in [-0.4, -0.2) is 4.98 Å². The maximum absolute atomic E-state index is 5.86. The molecule has 13 heavy (non-hydrogen) atoms. The van der Waals surface area contributed by atoms with E-state index in [0.717, 1.165) is 22.0 Å². The zero-order valence-electron chi connectivity index (χ0n) is 7.20. The van der Waals surface area contributed by atoms with Crippen LogP contribution < -0.4 is 5.73 Å². The predicted octanol–water partition coefficient (Wildman–Crippen LogP) is 2.46. The smallest absolute Gasteiger partial charge is 0.0400 e. The minimum absolute atomic E-state index is 0.773. The lowest BCUT2D eigenvalue weighted by Crippen LogP contribution is -1.89. The number of hydrogen-bond acceptors (Lipinski definition) is 2. The van der Waals surface area contributed by atoms with Crippen molar-refractivity contribution in [3.8, 4) is 0 Å². The Morgan fingerprint density at radius 1 is 1.31 bits per heavy atom. The molecule has 0 fully saturated rings. The van der Waals surface area contributed by atoms with E-state index in [0.29, 0.717) is 0 Å². The monoisotopic (exact) mass is 170 g/mol. The maximum Gasteiger partial charge on any atom is 0.0400 e. The van der Waals surface area contributed by atoms with Gasteiger partial charge in [0.05, 0.1) is 0 Å². The number of anilines is 1. The highest BCUT2D eigenvalue weighted by molar-refractivity contribution is 5.98. The fourth-order valence-corrected chi connectivity index (χ4v) is 1.45. The molecule has 0 radical (unpaired) electrons. The Morgan fingerprint density at radius 3 is 2.92 bits per heavy atom. The highest BCUT2D eigenvalue weighted by Crippen LogP contribution is 2.24. The molecule has 0 spiro atoms. The van der Waals surface area contributed by atoms with Gasteiger partial charge in [0, 0.05) is 34.4 Å². The topological polar surface area (TPSA) is 38.9 Å². The quantitative estimate of drug-likeness (QED) is 0.668. The fourth-order valence-electron chi connectivity index (χ4n) is 1.45. The Hall–Kier alpha value is -1.83. The van der Waals surface area contributed by atoms with Crippen LogP contribution in [0.4, 0.5) is 5.69 Å². The molecule has 1 aromatic carbocycles. The van der Waals surface area contributed by atoms with Gasteiger partial charge in [-0.05, 0) is 6.07 Å².